The Balaban J connectivity index is 2.64. The Bertz CT molecular complexity index is 834. The van der Waals surface area contributed by atoms with Gasteiger partial charge in [0.15, 0.2) is 5.69 Å². The number of ether oxygens (including phenoxy) is 1. The Kier molecular flexibility index (Phi) is 4.73. The average Bonchev–Trinajstić information content (AvgIpc) is 2.56. The summed E-state index contributed by atoms with van der Waals surface area (Å²) < 4.78 is 6.32. The molecule has 8 heteroatoms. The Hall–Kier alpha value is -3.18. The maximum Gasteiger partial charge on any atom is 0.289 e. The zero-order valence-electron chi connectivity index (χ0n) is 12.7. The molecular weight excluding hydrogens is 298 g/mol. The largest absolute Gasteiger partial charge is 0.494 e. The number of benzene rings is 1. The van der Waals surface area contributed by atoms with Gasteiger partial charge in [-0.25, -0.2) is 5.84 Å². The van der Waals surface area contributed by atoms with E-state index in [1.54, 1.807) is 30.3 Å². The lowest BCUT2D eigenvalue weighted by molar-refractivity contribution is 0.0946. The van der Waals surface area contributed by atoms with Crippen LogP contribution in [0.5, 0.6) is 5.75 Å². The summed E-state index contributed by atoms with van der Waals surface area (Å²) >= 11 is 0. The normalized spacial score (nSPS) is 10.0. The van der Waals surface area contributed by atoms with Crippen molar-refractivity contribution in [2.24, 2.45) is 5.84 Å². The van der Waals surface area contributed by atoms with Crippen LogP contribution in [0.4, 0.5) is 0 Å². The molecule has 3 N–H and O–H groups in total. The van der Waals surface area contributed by atoms with Crippen molar-refractivity contribution >= 4 is 5.91 Å². The van der Waals surface area contributed by atoms with Crippen LogP contribution in [-0.4, -0.2) is 22.3 Å². The minimum Gasteiger partial charge on any atom is -0.494 e. The van der Waals surface area contributed by atoms with Gasteiger partial charge in [-0.1, -0.05) is 0 Å². The third kappa shape index (κ3) is 3.04. The molecule has 0 radical (unpaired) electrons. The molecule has 2 aromatic rings. The molecule has 0 saturated carbocycles. The third-order valence-corrected chi connectivity index (χ3v) is 3.19. The molecule has 1 aromatic carbocycles. The molecule has 2 rings (SSSR count). The van der Waals surface area contributed by atoms with E-state index < -0.39 is 11.5 Å². The lowest BCUT2D eigenvalue weighted by atomic mass is 10.1. The van der Waals surface area contributed by atoms with Crippen molar-refractivity contribution in [1.82, 2.24) is 15.2 Å². The molecule has 0 fully saturated rings. The number of carbonyl (C=O) groups excluding carboxylic acids is 1. The number of hydrazine groups is 1. The number of amides is 1. The van der Waals surface area contributed by atoms with Crippen LogP contribution in [0.15, 0.2) is 29.1 Å². The first kappa shape index (κ1) is 16.2. The molecule has 118 valence electrons. The third-order valence-electron chi connectivity index (χ3n) is 3.19. The summed E-state index contributed by atoms with van der Waals surface area (Å²) in [6.07, 6.45) is 0. The van der Waals surface area contributed by atoms with Crippen LogP contribution in [0.3, 0.4) is 0 Å². The molecule has 1 heterocycles. The first-order valence-electron chi connectivity index (χ1n) is 6.81. The monoisotopic (exact) mass is 313 g/mol. The Morgan fingerprint density at radius 3 is 2.61 bits per heavy atom. The van der Waals surface area contributed by atoms with Gasteiger partial charge < -0.3 is 4.74 Å². The molecule has 0 aliphatic rings. The highest BCUT2D eigenvalue weighted by Crippen LogP contribution is 2.15. The van der Waals surface area contributed by atoms with E-state index in [2.05, 4.69) is 5.10 Å². The lowest BCUT2D eigenvalue weighted by Gasteiger charge is -2.11. The van der Waals surface area contributed by atoms with Gasteiger partial charge in [-0.05, 0) is 38.1 Å². The van der Waals surface area contributed by atoms with Crippen molar-refractivity contribution in [2.75, 3.05) is 6.61 Å². The maximum absolute atomic E-state index is 12.4. The van der Waals surface area contributed by atoms with E-state index in [0.29, 0.717) is 18.0 Å². The number of rotatable bonds is 4. The Morgan fingerprint density at radius 2 is 2.09 bits per heavy atom. The first-order valence-corrected chi connectivity index (χ1v) is 6.81. The second kappa shape index (κ2) is 6.72. The first-order chi connectivity index (χ1) is 11.0. The SMILES string of the molecule is CCOc1ccc(-n2nc(C(=O)NN)c(C)c(C#N)c2=O)cc1. The fourth-order valence-electron chi connectivity index (χ4n) is 2.05. The smallest absolute Gasteiger partial charge is 0.289 e. The van der Waals surface area contributed by atoms with Crippen LogP contribution in [0.1, 0.15) is 28.5 Å². The van der Waals surface area contributed by atoms with Gasteiger partial charge in [-0.2, -0.15) is 15.0 Å². The number of nitrogens with one attached hydrogen (secondary N) is 1. The zero-order chi connectivity index (χ0) is 17.0. The van der Waals surface area contributed by atoms with E-state index in [-0.39, 0.29) is 16.8 Å². The highest BCUT2D eigenvalue weighted by atomic mass is 16.5. The van der Waals surface area contributed by atoms with E-state index in [1.165, 1.54) is 6.92 Å². The van der Waals surface area contributed by atoms with Gasteiger partial charge in [-0.3, -0.25) is 15.0 Å². The van der Waals surface area contributed by atoms with Crippen molar-refractivity contribution in [3.8, 4) is 17.5 Å². The second-order valence-corrected chi connectivity index (χ2v) is 4.58. The van der Waals surface area contributed by atoms with Gasteiger partial charge in [0, 0.05) is 5.56 Å². The highest BCUT2D eigenvalue weighted by molar-refractivity contribution is 5.93. The summed E-state index contributed by atoms with van der Waals surface area (Å²) in [7, 11) is 0. The number of carbonyl (C=O) groups is 1. The molecule has 1 amide bonds. The number of aromatic nitrogens is 2. The number of nitrogens with two attached hydrogens (primary N) is 1. The molecule has 8 nitrogen and oxygen atoms in total. The molecule has 0 bridgehead atoms. The quantitative estimate of drug-likeness (QED) is 0.479. The van der Waals surface area contributed by atoms with Crippen LogP contribution in [0, 0.1) is 18.3 Å². The zero-order valence-corrected chi connectivity index (χ0v) is 12.7. The van der Waals surface area contributed by atoms with Crippen molar-refractivity contribution < 1.29 is 9.53 Å². The molecule has 1 aromatic heterocycles. The van der Waals surface area contributed by atoms with Crippen LogP contribution in [0.2, 0.25) is 0 Å². The number of nitrogen functional groups attached to an aromatic ring is 1. The van der Waals surface area contributed by atoms with Gasteiger partial charge in [0.1, 0.15) is 17.4 Å². The summed E-state index contributed by atoms with van der Waals surface area (Å²) in [5, 5.41) is 13.2. The van der Waals surface area contributed by atoms with Crippen molar-refractivity contribution in [1.29, 1.82) is 5.26 Å². The summed E-state index contributed by atoms with van der Waals surface area (Å²) in [5.74, 6) is 5.07. The van der Waals surface area contributed by atoms with E-state index in [0.717, 1.165) is 4.68 Å². The van der Waals surface area contributed by atoms with Crippen LogP contribution in [-0.2, 0) is 0 Å². The lowest BCUT2D eigenvalue weighted by Crippen LogP contribution is -2.35. The summed E-state index contributed by atoms with van der Waals surface area (Å²) in [4.78, 5) is 24.2. The van der Waals surface area contributed by atoms with Crippen molar-refractivity contribution in [3.05, 3.63) is 51.4 Å². The van der Waals surface area contributed by atoms with Gasteiger partial charge in [0.05, 0.1) is 12.3 Å². The molecule has 0 atom stereocenters. The predicted octanol–water partition coefficient (Wildman–Crippen LogP) is 0.415. The summed E-state index contributed by atoms with van der Waals surface area (Å²) in [5.41, 5.74) is 1.68. The molecule has 0 saturated heterocycles. The average molecular weight is 313 g/mol. The second-order valence-electron chi connectivity index (χ2n) is 4.58. The van der Waals surface area contributed by atoms with E-state index in [1.807, 2.05) is 12.3 Å². The topological polar surface area (TPSA) is 123 Å². The fraction of sp³-hybridized carbons (Fsp3) is 0.200. The number of hydrogen-bond acceptors (Lipinski definition) is 6. The highest BCUT2D eigenvalue weighted by Gasteiger charge is 2.19. The van der Waals surface area contributed by atoms with Gasteiger partial charge in [0.2, 0.25) is 0 Å². The number of nitrogens with zero attached hydrogens (tertiary/aromatic N) is 3. The molecule has 0 spiro atoms. The van der Waals surface area contributed by atoms with E-state index in [9.17, 15) is 14.9 Å². The molecule has 0 aliphatic heterocycles. The standard InChI is InChI=1S/C15H15N5O3/c1-3-23-11-6-4-10(5-7-11)20-15(22)12(8-16)9(2)13(19-20)14(21)18-17/h4-7H,3,17H2,1-2H3,(H,18,21). The summed E-state index contributed by atoms with van der Waals surface area (Å²) in [6, 6.07) is 8.36. The van der Waals surface area contributed by atoms with Crippen LogP contribution in [0.25, 0.3) is 5.69 Å². The predicted molar refractivity (Wildman–Crippen MR) is 82.1 cm³/mol. The maximum atomic E-state index is 12.4. The minimum atomic E-state index is -0.682. The number of hydrogen-bond donors (Lipinski definition) is 2. The van der Waals surface area contributed by atoms with Crippen LogP contribution < -0.4 is 21.6 Å². The molecule has 0 aliphatic carbocycles. The van der Waals surface area contributed by atoms with Gasteiger partial charge >= 0.3 is 0 Å². The van der Waals surface area contributed by atoms with E-state index in [4.69, 9.17) is 10.6 Å². The minimum absolute atomic E-state index is 0.0856. The van der Waals surface area contributed by atoms with Crippen LogP contribution >= 0.6 is 0 Å². The molecule has 0 unspecified atom stereocenters. The fourth-order valence-corrected chi connectivity index (χ4v) is 2.05. The van der Waals surface area contributed by atoms with Crippen molar-refractivity contribution in [3.63, 3.8) is 0 Å². The Morgan fingerprint density at radius 1 is 1.43 bits per heavy atom. The van der Waals surface area contributed by atoms with Gasteiger partial charge in [0.25, 0.3) is 11.5 Å². The molecule has 23 heavy (non-hydrogen) atoms. The summed E-state index contributed by atoms with van der Waals surface area (Å²) in [6.45, 7) is 3.85. The number of nitriles is 1. The Labute approximate surface area is 132 Å². The van der Waals surface area contributed by atoms with E-state index >= 15 is 0 Å². The molecular formula is C15H15N5O3. The van der Waals surface area contributed by atoms with Crippen molar-refractivity contribution in [2.45, 2.75) is 13.8 Å². The van der Waals surface area contributed by atoms with Gasteiger partial charge in [-0.15, -0.1) is 0 Å².